The third-order valence-electron chi connectivity index (χ3n) is 2.10. The van der Waals surface area contributed by atoms with Gasteiger partial charge < -0.3 is 10.4 Å². The summed E-state index contributed by atoms with van der Waals surface area (Å²) in [5.74, 6) is -2.77. The van der Waals surface area contributed by atoms with Crippen LogP contribution in [0, 0.1) is 17.6 Å². The van der Waals surface area contributed by atoms with Gasteiger partial charge in [0.2, 0.25) is 0 Å². The summed E-state index contributed by atoms with van der Waals surface area (Å²) in [5, 5.41) is 11.4. The first-order chi connectivity index (χ1) is 7.49. The van der Waals surface area contributed by atoms with Crippen molar-refractivity contribution in [1.29, 1.82) is 0 Å². The highest BCUT2D eigenvalue weighted by Crippen LogP contribution is 2.14. The fourth-order valence-electron chi connectivity index (χ4n) is 1.27. The number of benzene rings is 1. The van der Waals surface area contributed by atoms with Crippen LogP contribution in [0.25, 0.3) is 0 Å². The van der Waals surface area contributed by atoms with Crippen LogP contribution >= 0.6 is 0 Å². The zero-order valence-corrected chi connectivity index (χ0v) is 8.84. The van der Waals surface area contributed by atoms with E-state index in [1.165, 1.54) is 6.07 Å². The lowest BCUT2D eigenvalue weighted by Crippen LogP contribution is -2.15. The third-order valence-corrected chi connectivity index (χ3v) is 2.10. The number of halogens is 2. The molecule has 0 heterocycles. The monoisotopic (exact) mass is 229 g/mol. The number of carboxylic acid groups (broad SMARTS) is 1. The number of anilines is 1. The molecule has 5 heteroatoms. The molecule has 3 nitrogen and oxygen atoms in total. The lowest BCUT2D eigenvalue weighted by molar-refractivity contribution is -0.137. The Morgan fingerprint density at radius 3 is 2.69 bits per heavy atom. The molecular formula is C11H13F2NO2. The van der Waals surface area contributed by atoms with Gasteiger partial charge in [0.1, 0.15) is 0 Å². The van der Waals surface area contributed by atoms with E-state index in [0.29, 0.717) is 12.2 Å². The van der Waals surface area contributed by atoms with Gasteiger partial charge in [-0.2, -0.15) is 0 Å². The van der Waals surface area contributed by atoms with Gasteiger partial charge >= 0.3 is 5.97 Å². The summed E-state index contributed by atoms with van der Waals surface area (Å²) in [4.78, 5) is 10.4. The number of rotatable bonds is 5. The Kier molecular flexibility index (Phi) is 4.22. The Morgan fingerprint density at radius 2 is 2.12 bits per heavy atom. The molecule has 1 unspecified atom stereocenters. The SMILES string of the molecule is CC(CNc1ccc(F)c(F)c1)CC(=O)O. The molecular weight excluding hydrogens is 216 g/mol. The lowest BCUT2D eigenvalue weighted by Gasteiger charge is -2.11. The number of carbonyl (C=O) groups is 1. The van der Waals surface area contributed by atoms with E-state index in [1.54, 1.807) is 6.92 Å². The van der Waals surface area contributed by atoms with Crippen molar-refractivity contribution >= 4 is 11.7 Å². The Labute approximate surface area is 92.1 Å². The molecule has 0 aliphatic carbocycles. The Morgan fingerprint density at radius 1 is 1.44 bits per heavy atom. The number of aliphatic carboxylic acids is 1. The molecule has 1 aromatic rings. The molecule has 1 rings (SSSR count). The summed E-state index contributed by atoms with van der Waals surface area (Å²) in [5.41, 5.74) is 0.441. The molecule has 0 bridgehead atoms. The first-order valence-electron chi connectivity index (χ1n) is 4.89. The van der Waals surface area contributed by atoms with Crippen molar-refractivity contribution in [2.45, 2.75) is 13.3 Å². The van der Waals surface area contributed by atoms with Crippen molar-refractivity contribution in [2.24, 2.45) is 5.92 Å². The second-order valence-electron chi connectivity index (χ2n) is 3.71. The molecule has 1 aromatic carbocycles. The maximum Gasteiger partial charge on any atom is 0.303 e. The smallest absolute Gasteiger partial charge is 0.303 e. The summed E-state index contributed by atoms with van der Waals surface area (Å²) in [6.07, 6.45) is 0.0384. The van der Waals surface area contributed by atoms with Gasteiger partial charge in [0.15, 0.2) is 11.6 Å². The average molecular weight is 229 g/mol. The highest BCUT2D eigenvalue weighted by Gasteiger charge is 2.08. The van der Waals surface area contributed by atoms with E-state index >= 15 is 0 Å². The number of nitrogens with one attached hydrogen (secondary N) is 1. The highest BCUT2D eigenvalue weighted by atomic mass is 19.2. The molecule has 2 N–H and O–H groups in total. The van der Waals surface area contributed by atoms with Gasteiger partial charge in [-0.15, -0.1) is 0 Å². The third kappa shape index (κ3) is 3.84. The van der Waals surface area contributed by atoms with Crippen molar-refractivity contribution in [3.63, 3.8) is 0 Å². The second-order valence-corrected chi connectivity index (χ2v) is 3.71. The molecule has 16 heavy (non-hydrogen) atoms. The summed E-state index contributed by atoms with van der Waals surface area (Å²) in [6, 6.07) is 3.48. The minimum Gasteiger partial charge on any atom is -0.481 e. The molecule has 88 valence electrons. The summed E-state index contributed by atoms with van der Waals surface area (Å²) in [7, 11) is 0. The molecule has 0 amide bonds. The van der Waals surface area contributed by atoms with Gasteiger partial charge in [0.05, 0.1) is 0 Å². The van der Waals surface area contributed by atoms with E-state index in [-0.39, 0.29) is 12.3 Å². The predicted molar refractivity (Wildman–Crippen MR) is 56.3 cm³/mol. The first kappa shape index (κ1) is 12.4. The van der Waals surface area contributed by atoms with Crippen LogP contribution in [0.5, 0.6) is 0 Å². The maximum atomic E-state index is 12.8. The van der Waals surface area contributed by atoms with Crippen LogP contribution in [-0.4, -0.2) is 17.6 Å². The average Bonchev–Trinajstić information content (AvgIpc) is 2.19. The van der Waals surface area contributed by atoms with Gasteiger partial charge in [0, 0.05) is 18.7 Å². The zero-order chi connectivity index (χ0) is 12.1. The van der Waals surface area contributed by atoms with Crippen molar-refractivity contribution in [3.05, 3.63) is 29.8 Å². The van der Waals surface area contributed by atoms with E-state index in [2.05, 4.69) is 5.32 Å². The number of carboxylic acids is 1. The zero-order valence-electron chi connectivity index (χ0n) is 8.84. The van der Waals surface area contributed by atoms with Crippen LogP contribution in [0.3, 0.4) is 0 Å². The molecule has 1 atom stereocenters. The van der Waals surface area contributed by atoms with E-state index in [1.807, 2.05) is 0 Å². The molecule has 0 aliphatic rings. The Balaban J connectivity index is 2.48. The Bertz CT molecular complexity index is 382. The number of hydrogen-bond donors (Lipinski definition) is 2. The predicted octanol–water partition coefficient (Wildman–Crippen LogP) is 2.49. The van der Waals surface area contributed by atoms with Crippen molar-refractivity contribution < 1.29 is 18.7 Å². The van der Waals surface area contributed by atoms with Crippen LogP contribution in [0.2, 0.25) is 0 Å². The van der Waals surface area contributed by atoms with Crippen LogP contribution in [0.15, 0.2) is 18.2 Å². The van der Waals surface area contributed by atoms with Crippen molar-refractivity contribution in [1.82, 2.24) is 0 Å². The van der Waals surface area contributed by atoms with Crippen LogP contribution in [-0.2, 0) is 4.79 Å². The molecule has 0 aromatic heterocycles. The molecule has 0 fully saturated rings. The largest absolute Gasteiger partial charge is 0.481 e. The van der Waals surface area contributed by atoms with E-state index in [0.717, 1.165) is 12.1 Å². The molecule has 0 radical (unpaired) electrons. The minimum atomic E-state index is -0.920. The summed E-state index contributed by atoms with van der Waals surface area (Å²) < 4.78 is 25.4. The summed E-state index contributed by atoms with van der Waals surface area (Å²) >= 11 is 0. The van der Waals surface area contributed by atoms with Gasteiger partial charge in [-0.05, 0) is 24.1 Å². The first-order valence-corrected chi connectivity index (χ1v) is 4.89. The van der Waals surface area contributed by atoms with Crippen LogP contribution in [0.1, 0.15) is 13.3 Å². The molecule has 0 saturated carbocycles. The van der Waals surface area contributed by atoms with Gasteiger partial charge in [-0.25, -0.2) is 8.78 Å². The topological polar surface area (TPSA) is 49.3 Å². The van der Waals surface area contributed by atoms with Crippen molar-refractivity contribution in [3.8, 4) is 0 Å². The normalized spacial score (nSPS) is 12.2. The van der Waals surface area contributed by atoms with Gasteiger partial charge in [-0.1, -0.05) is 6.92 Å². The molecule has 0 aliphatic heterocycles. The molecule has 0 spiro atoms. The van der Waals surface area contributed by atoms with Crippen molar-refractivity contribution in [2.75, 3.05) is 11.9 Å². The maximum absolute atomic E-state index is 12.8. The lowest BCUT2D eigenvalue weighted by atomic mass is 10.1. The Hall–Kier alpha value is -1.65. The van der Waals surface area contributed by atoms with Gasteiger partial charge in [-0.3, -0.25) is 4.79 Å². The van der Waals surface area contributed by atoms with E-state index in [4.69, 9.17) is 5.11 Å². The second kappa shape index (κ2) is 5.44. The van der Waals surface area contributed by atoms with E-state index < -0.39 is 17.6 Å². The fraction of sp³-hybridized carbons (Fsp3) is 0.364. The standard InChI is InChI=1S/C11H13F2NO2/c1-7(4-11(15)16)6-14-8-2-3-9(12)10(13)5-8/h2-3,5,7,14H,4,6H2,1H3,(H,15,16). The van der Waals surface area contributed by atoms with Gasteiger partial charge in [0.25, 0.3) is 0 Å². The molecule has 0 saturated heterocycles. The minimum absolute atomic E-state index is 0.0384. The van der Waals surface area contributed by atoms with Crippen LogP contribution in [0.4, 0.5) is 14.5 Å². The number of hydrogen-bond acceptors (Lipinski definition) is 2. The summed E-state index contributed by atoms with van der Waals surface area (Å²) in [6.45, 7) is 2.17. The highest BCUT2D eigenvalue weighted by molar-refractivity contribution is 5.67. The van der Waals surface area contributed by atoms with Crippen LogP contribution < -0.4 is 5.32 Å². The quantitative estimate of drug-likeness (QED) is 0.815. The van der Waals surface area contributed by atoms with E-state index in [9.17, 15) is 13.6 Å². The fourth-order valence-corrected chi connectivity index (χ4v) is 1.27.